The van der Waals surface area contributed by atoms with Gasteiger partial charge in [0.25, 0.3) is 10.1 Å². The van der Waals surface area contributed by atoms with Crippen LogP contribution in [0.5, 0.6) is 0 Å². The van der Waals surface area contributed by atoms with E-state index < -0.39 is 25.7 Å². The lowest BCUT2D eigenvalue weighted by atomic mass is 9.75. The number of benzene rings is 1. The van der Waals surface area contributed by atoms with E-state index in [1.54, 1.807) is 6.07 Å². The highest BCUT2D eigenvalue weighted by Gasteiger charge is 2.50. The third kappa shape index (κ3) is 3.33. The van der Waals surface area contributed by atoms with Gasteiger partial charge >= 0.3 is 0 Å². The molecule has 1 atom stereocenters. The standard InChI is InChI=1S/C17H23NO6S2/c1-12-17(2,9-3-4-11-25(19,20)21)15-14(26(22,23)24)8-7-13-6-5-10-18(12)16(13)15/h7-8H,3-6,9-11H2,1-2H3,(H-,19,20,21,22,23,24). The average molecular weight is 402 g/mol. The molecule has 0 aliphatic carbocycles. The first-order valence-corrected chi connectivity index (χ1v) is 11.7. The Kier molecular flexibility index (Phi) is 4.79. The molecule has 0 saturated carbocycles. The fourth-order valence-electron chi connectivity index (χ4n) is 4.29. The number of hydrogen-bond donors (Lipinski definition) is 1. The van der Waals surface area contributed by atoms with Crippen molar-refractivity contribution in [2.45, 2.75) is 56.3 Å². The van der Waals surface area contributed by atoms with Gasteiger partial charge in [-0.1, -0.05) is 12.5 Å². The molecule has 0 spiro atoms. The fraction of sp³-hybridized carbons (Fsp3) is 0.588. The molecule has 7 nitrogen and oxygen atoms in total. The summed E-state index contributed by atoms with van der Waals surface area (Å²) in [4.78, 5) is -0.183. The van der Waals surface area contributed by atoms with E-state index in [4.69, 9.17) is 4.55 Å². The fourth-order valence-corrected chi connectivity index (χ4v) is 5.67. The lowest BCUT2D eigenvalue weighted by Gasteiger charge is -2.25. The third-order valence-electron chi connectivity index (χ3n) is 5.67. The first kappa shape index (κ1) is 19.5. The lowest BCUT2D eigenvalue weighted by molar-refractivity contribution is -0.444. The topological polar surface area (TPSA) is 115 Å². The molecular weight excluding hydrogens is 378 g/mol. The number of nitrogens with zero attached hydrogens (tertiary/aromatic N) is 1. The first-order valence-electron chi connectivity index (χ1n) is 8.64. The van der Waals surface area contributed by atoms with Crippen LogP contribution in [-0.4, -0.2) is 48.5 Å². The maximum Gasteiger partial charge on any atom is 0.264 e. The van der Waals surface area contributed by atoms with Crippen LogP contribution in [-0.2, 0) is 32.1 Å². The maximum atomic E-state index is 11.9. The zero-order valence-electron chi connectivity index (χ0n) is 14.9. The van der Waals surface area contributed by atoms with Crippen molar-refractivity contribution in [3.63, 3.8) is 0 Å². The summed E-state index contributed by atoms with van der Waals surface area (Å²) in [5, 5.41) is 0. The van der Waals surface area contributed by atoms with Crippen LogP contribution in [0.4, 0.5) is 5.69 Å². The minimum Gasteiger partial charge on any atom is -0.744 e. The van der Waals surface area contributed by atoms with Crippen molar-refractivity contribution >= 4 is 31.6 Å². The van der Waals surface area contributed by atoms with Crippen LogP contribution in [0.15, 0.2) is 17.0 Å². The van der Waals surface area contributed by atoms with E-state index in [2.05, 4.69) is 4.58 Å². The molecule has 9 heteroatoms. The number of hydrogen-bond acceptors (Lipinski definition) is 5. The summed E-state index contributed by atoms with van der Waals surface area (Å²) in [6.07, 6.45) is 3.06. The Morgan fingerprint density at radius 3 is 2.54 bits per heavy atom. The SMILES string of the molecule is CC1=[N+]2CCCc3ccc(S(=O)(=O)[O-])c(c32)C1(C)CCCCS(=O)(=O)O. The Bertz CT molecular complexity index is 994. The van der Waals surface area contributed by atoms with Crippen molar-refractivity contribution < 1.29 is 30.5 Å². The Balaban J connectivity index is 2.06. The van der Waals surface area contributed by atoms with Crippen LogP contribution in [0.25, 0.3) is 0 Å². The van der Waals surface area contributed by atoms with Gasteiger partial charge in [-0.3, -0.25) is 4.55 Å². The molecule has 2 aliphatic heterocycles. The maximum absolute atomic E-state index is 11.9. The largest absolute Gasteiger partial charge is 0.744 e. The number of unbranched alkanes of at least 4 members (excludes halogenated alkanes) is 1. The lowest BCUT2D eigenvalue weighted by Crippen LogP contribution is -2.32. The summed E-state index contributed by atoms with van der Waals surface area (Å²) >= 11 is 0. The second kappa shape index (κ2) is 6.40. The molecule has 3 rings (SSSR count). The molecule has 0 bridgehead atoms. The molecule has 144 valence electrons. The molecule has 1 unspecified atom stereocenters. The molecule has 26 heavy (non-hydrogen) atoms. The molecule has 0 amide bonds. The predicted octanol–water partition coefficient (Wildman–Crippen LogP) is 1.97. The first-order chi connectivity index (χ1) is 12.0. The zero-order chi connectivity index (χ0) is 19.3. The van der Waals surface area contributed by atoms with E-state index in [0.717, 1.165) is 36.3 Å². The zero-order valence-corrected chi connectivity index (χ0v) is 16.5. The minimum atomic E-state index is -4.63. The second-order valence-corrected chi connectivity index (χ2v) is 10.2. The van der Waals surface area contributed by atoms with Gasteiger partial charge < -0.3 is 4.55 Å². The van der Waals surface area contributed by atoms with Crippen LogP contribution < -0.4 is 0 Å². The molecule has 2 aliphatic rings. The number of aryl methyl sites for hydroxylation is 1. The van der Waals surface area contributed by atoms with Gasteiger partial charge in [0.15, 0.2) is 5.71 Å². The third-order valence-corrected chi connectivity index (χ3v) is 7.36. The van der Waals surface area contributed by atoms with Gasteiger partial charge in [-0.25, -0.2) is 8.42 Å². The highest BCUT2D eigenvalue weighted by Crippen LogP contribution is 2.49. The van der Waals surface area contributed by atoms with Crippen molar-refractivity contribution in [2.24, 2.45) is 0 Å². The molecule has 1 aromatic carbocycles. The molecular formula is C17H23NO6S2. The van der Waals surface area contributed by atoms with Gasteiger partial charge in [0.1, 0.15) is 16.7 Å². The van der Waals surface area contributed by atoms with E-state index in [1.165, 1.54) is 6.07 Å². The van der Waals surface area contributed by atoms with Crippen LogP contribution >= 0.6 is 0 Å². The molecule has 2 heterocycles. The molecule has 0 fully saturated rings. The van der Waals surface area contributed by atoms with Gasteiger partial charge in [0.2, 0.25) is 5.69 Å². The summed E-state index contributed by atoms with van der Waals surface area (Å²) in [5.74, 6) is -0.328. The van der Waals surface area contributed by atoms with Crippen molar-refractivity contribution in [2.75, 3.05) is 12.3 Å². The quantitative estimate of drug-likeness (QED) is 0.443. The normalized spacial score (nSPS) is 22.6. The molecule has 0 saturated heterocycles. The van der Waals surface area contributed by atoms with Crippen LogP contribution in [0.3, 0.4) is 0 Å². The smallest absolute Gasteiger partial charge is 0.264 e. The van der Waals surface area contributed by atoms with Crippen molar-refractivity contribution in [1.29, 1.82) is 0 Å². The summed E-state index contributed by atoms with van der Waals surface area (Å²) < 4.78 is 68.5. The van der Waals surface area contributed by atoms with E-state index >= 15 is 0 Å². The summed E-state index contributed by atoms with van der Waals surface area (Å²) in [7, 11) is -8.65. The Morgan fingerprint density at radius 2 is 1.92 bits per heavy atom. The van der Waals surface area contributed by atoms with Crippen molar-refractivity contribution in [3.8, 4) is 0 Å². The van der Waals surface area contributed by atoms with Gasteiger partial charge in [0.05, 0.1) is 21.6 Å². The Hall–Kier alpha value is -1.29. The second-order valence-electron chi connectivity index (χ2n) is 7.32. The molecule has 1 N–H and O–H groups in total. The van der Waals surface area contributed by atoms with Crippen LogP contribution in [0.1, 0.15) is 50.7 Å². The van der Waals surface area contributed by atoms with E-state index in [9.17, 15) is 21.4 Å². The molecule has 0 aromatic heterocycles. The van der Waals surface area contributed by atoms with Crippen molar-refractivity contribution in [3.05, 3.63) is 23.3 Å². The van der Waals surface area contributed by atoms with Gasteiger partial charge in [-0.05, 0) is 32.3 Å². The molecule has 1 aromatic rings. The minimum absolute atomic E-state index is 0.183. The summed E-state index contributed by atoms with van der Waals surface area (Å²) in [5.41, 5.74) is 2.76. The van der Waals surface area contributed by atoms with E-state index in [1.807, 2.05) is 13.8 Å². The molecule has 0 radical (unpaired) electrons. The Labute approximate surface area is 154 Å². The van der Waals surface area contributed by atoms with Gasteiger partial charge in [-0.2, -0.15) is 13.0 Å². The van der Waals surface area contributed by atoms with Gasteiger partial charge in [-0.15, -0.1) is 0 Å². The van der Waals surface area contributed by atoms with E-state index in [-0.39, 0.29) is 17.1 Å². The monoisotopic (exact) mass is 401 g/mol. The summed E-state index contributed by atoms with van der Waals surface area (Å²) in [6.45, 7) is 4.63. The Morgan fingerprint density at radius 1 is 1.23 bits per heavy atom. The highest BCUT2D eigenvalue weighted by molar-refractivity contribution is 7.86. The van der Waals surface area contributed by atoms with Crippen LogP contribution in [0.2, 0.25) is 0 Å². The van der Waals surface area contributed by atoms with Crippen molar-refractivity contribution in [1.82, 2.24) is 0 Å². The predicted molar refractivity (Wildman–Crippen MR) is 95.8 cm³/mol. The van der Waals surface area contributed by atoms with E-state index in [0.29, 0.717) is 18.4 Å². The summed E-state index contributed by atoms with van der Waals surface area (Å²) in [6, 6.07) is 3.14. The van der Waals surface area contributed by atoms with Gasteiger partial charge in [0, 0.05) is 18.9 Å². The van der Waals surface area contributed by atoms with Crippen LogP contribution in [0, 0.1) is 0 Å². The highest BCUT2D eigenvalue weighted by atomic mass is 32.2. The average Bonchev–Trinajstić information content (AvgIpc) is 2.75. The number of rotatable bonds is 6.